The molecule has 29 heavy (non-hydrogen) atoms. The lowest BCUT2D eigenvalue weighted by Crippen LogP contribution is -2.16. The highest BCUT2D eigenvalue weighted by Gasteiger charge is 2.31. The van der Waals surface area contributed by atoms with Crippen LogP contribution in [0.1, 0.15) is 19.7 Å². The van der Waals surface area contributed by atoms with Crippen LogP contribution < -0.4 is 4.74 Å². The number of nitrogens with zero attached hydrogens (tertiary/aromatic N) is 5. The second-order valence-corrected chi connectivity index (χ2v) is 6.00. The Morgan fingerprint density at radius 3 is 2.48 bits per heavy atom. The summed E-state index contributed by atoms with van der Waals surface area (Å²) < 4.78 is 47.5. The highest BCUT2D eigenvalue weighted by Crippen LogP contribution is 2.26. The van der Waals surface area contributed by atoms with Crippen LogP contribution in [-0.2, 0) is 6.54 Å². The first-order valence-electron chi connectivity index (χ1n) is 8.68. The van der Waals surface area contributed by atoms with Gasteiger partial charge in [-0.1, -0.05) is 23.4 Å². The third kappa shape index (κ3) is 5.09. The van der Waals surface area contributed by atoms with Gasteiger partial charge in [0.05, 0.1) is 6.54 Å². The number of hydrogen-bond donors (Lipinski definition) is 0. The molecule has 3 aromatic rings. The topological polar surface area (TPSA) is 78.9 Å². The zero-order valence-electron chi connectivity index (χ0n) is 15.9. The highest BCUT2D eigenvalue weighted by molar-refractivity contribution is 5.57. The van der Waals surface area contributed by atoms with Crippen LogP contribution in [0.5, 0.6) is 5.75 Å². The molecule has 2 aromatic heterocycles. The first kappa shape index (κ1) is 20.3. The molecule has 2 heterocycles. The molecule has 0 aliphatic heterocycles. The molecule has 0 aliphatic carbocycles. The summed E-state index contributed by atoms with van der Waals surface area (Å²) in [4.78, 5) is 8.59. The van der Waals surface area contributed by atoms with Crippen LogP contribution in [0.4, 0.5) is 13.2 Å². The van der Waals surface area contributed by atoms with Crippen LogP contribution in [0, 0.1) is 6.92 Å². The van der Waals surface area contributed by atoms with E-state index in [4.69, 9.17) is 4.52 Å². The maximum Gasteiger partial charge on any atom is 0.573 e. The molecule has 7 nitrogen and oxygen atoms in total. The van der Waals surface area contributed by atoms with Gasteiger partial charge in [0.25, 0.3) is 5.89 Å². The molecule has 0 atom stereocenters. The third-order valence-electron chi connectivity index (χ3n) is 3.90. The molecular weight excluding hydrogens is 387 g/mol. The van der Waals surface area contributed by atoms with Gasteiger partial charge in [-0.2, -0.15) is 4.98 Å². The van der Waals surface area contributed by atoms with Gasteiger partial charge in [0.2, 0.25) is 11.6 Å². The molecule has 0 fully saturated rings. The van der Waals surface area contributed by atoms with Crippen LogP contribution in [0.15, 0.2) is 52.6 Å². The molecule has 152 valence electrons. The fourth-order valence-electron chi connectivity index (χ4n) is 2.52. The molecule has 0 saturated carbocycles. The van der Waals surface area contributed by atoms with E-state index >= 15 is 0 Å². The smallest absolute Gasteiger partial charge is 0.406 e. The average molecular weight is 405 g/mol. The van der Waals surface area contributed by atoms with Gasteiger partial charge >= 0.3 is 6.36 Å². The van der Waals surface area contributed by atoms with Crippen molar-refractivity contribution in [3.05, 3.63) is 53.9 Å². The number of aryl methyl sites for hydroxylation is 1. The van der Waals surface area contributed by atoms with Crippen molar-refractivity contribution >= 4 is 0 Å². The minimum Gasteiger partial charge on any atom is -0.406 e. The van der Waals surface area contributed by atoms with Crippen molar-refractivity contribution in [2.24, 2.45) is 0 Å². The van der Waals surface area contributed by atoms with Crippen molar-refractivity contribution in [1.82, 2.24) is 24.9 Å². The second-order valence-electron chi connectivity index (χ2n) is 6.00. The molecular formula is C19H18F3N5O2. The molecule has 0 spiro atoms. The SMILES string of the molecule is CC=CC(=CC)Cn1nc(-c2nc(-c3ccc(OC(F)(F)F)cc3)no2)nc1C. The first-order chi connectivity index (χ1) is 13.8. The van der Waals surface area contributed by atoms with Gasteiger partial charge < -0.3 is 9.26 Å². The second kappa shape index (κ2) is 8.29. The van der Waals surface area contributed by atoms with Crippen molar-refractivity contribution in [2.75, 3.05) is 0 Å². The van der Waals surface area contributed by atoms with E-state index in [2.05, 4.69) is 25.0 Å². The van der Waals surface area contributed by atoms with Crippen molar-refractivity contribution in [2.45, 2.75) is 33.7 Å². The maximum absolute atomic E-state index is 12.3. The van der Waals surface area contributed by atoms with Crippen LogP contribution in [0.2, 0.25) is 0 Å². The number of alkyl halides is 3. The minimum absolute atomic E-state index is 0.116. The van der Waals surface area contributed by atoms with Crippen molar-refractivity contribution in [3.63, 3.8) is 0 Å². The Kier molecular flexibility index (Phi) is 5.81. The summed E-state index contributed by atoms with van der Waals surface area (Å²) in [6, 6.07) is 5.16. The van der Waals surface area contributed by atoms with E-state index in [-0.39, 0.29) is 23.3 Å². The largest absolute Gasteiger partial charge is 0.573 e. The van der Waals surface area contributed by atoms with Crippen molar-refractivity contribution < 1.29 is 22.4 Å². The summed E-state index contributed by atoms with van der Waals surface area (Å²) in [5, 5.41) is 8.25. The predicted molar refractivity (Wildman–Crippen MR) is 98.7 cm³/mol. The van der Waals surface area contributed by atoms with Gasteiger partial charge in [-0.15, -0.1) is 18.3 Å². The van der Waals surface area contributed by atoms with Crippen molar-refractivity contribution in [3.8, 4) is 28.9 Å². The van der Waals surface area contributed by atoms with Crippen LogP contribution in [-0.4, -0.2) is 31.3 Å². The fourth-order valence-corrected chi connectivity index (χ4v) is 2.52. The summed E-state index contributed by atoms with van der Waals surface area (Å²) in [6.07, 6.45) is 1.16. The first-order valence-corrected chi connectivity index (χ1v) is 8.68. The van der Waals surface area contributed by atoms with Crippen LogP contribution >= 0.6 is 0 Å². The number of aromatic nitrogens is 5. The van der Waals surface area contributed by atoms with Gasteiger partial charge in [-0.05, 0) is 50.6 Å². The monoisotopic (exact) mass is 405 g/mol. The number of rotatable bonds is 6. The van der Waals surface area contributed by atoms with Crippen molar-refractivity contribution in [1.29, 1.82) is 0 Å². The molecule has 0 bridgehead atoms. The Labute approximate surface area is 164 Å². The molecule has 0 N–H and O–H groups in total. The Bertz CT molecular complexity index is 1030. The predicted octanol–water partition coefficient (Wildman–Crippen LogP) is 4.72. The summed E-state index contributed by atoms with van der Waals surface area (Å²) in [5.74, 6) is 0.939. The van der Waals surface area contributed by atoms with Gasteiger partial charge in [-0.3, -0.25) is 0 Å². The number of halogens is 3. The fraction of sp³-hybridized carbons (Fsp3) is 0.263. The summed E-state index contributed by atoms with van der Waals surface area (Å²) in [7, 11) is 0. The van der Waals surface area contributed by atoms with E-state index in [0.717, 1.165) is 5.57 Å². The Balaban J connectivity index is 1.79. The van der Waals surface area contributed by atoms with E-state index in [1.54, 1.807) is 4.68 Å². The quantitative estimate of drug-likeness (QED) is 0.552. The molecule has 0 aliphatic rings. The normalized spacial score (nSPS) is 12.7. The summed E-state index contributed by atoms with van der Waals surface area (Å²) in [5.41, 5.74) is 1.54. The van der Waals surface area contributed by atoms with Gasteiger partial charge in [0.15, 0.2) is 0 Å². The number of ether oxygens (including phenoxy) is 1. The van der Waals surface area contributed by atoms with E-state index in [0.29, 0.717) is 17.9 Å². The molecule has 3 rings (SSSR count). The number of allylic oxidation sites excluding steroid dienone is 4. The Hall–Kier alpha value is -3.43. The third-order valence-corrected chi connectivity index (χ3v) is 3.90. The van der Waals surface area contributed by atoms with E-state index in [9.17, 15) is 13.2 Å². The zero-order valence-corrected chi connectivity index (χ0v) is 15.9. The summed E-state index contributed by atoms with van der Waals surface area (Å²) >= 11 is 0. The van der Waals surface area contributed by atoms with Gasteiger partial charge in [-0.25, -0.2) is 9.67 Å². The average Bonchev–Trinajstić information content (AvgIpc) is 3.28. The molecule has 0 saturated heterocycles. The molecule has 0 amide bonds. The zero-order chi connectivity index (χ0) is 21.0. The molecule has 0 unspecified atom stereocenters. The molecule has 1 aromatic carbocycles. The van der Waals surface area contributed by atoms with Gasteiger partial charge in [0.1, 0.15) is 11.6 Å². The van der Waals surface area contributed by atoms with Crippen LogP contribution in [0.25, 0.3) is 23.1 Å². The van der Waals surface area contributed by atoms with E-state index in [1.807, 2.05) is 39.0 Å². The lowest BCUT2D eigenvalue weighted by Gasteiger charge is -2.08. The molecule has 10 heteroatoms. The standard InChI is InChI=1S/C19H18F3N5O2/c1-4-6-13(5-2)11-27-12(3)23-17(25-27)18-24-16(26-29-18)14-7-9-15(10-8-14)28-19(20,21)22/h4-10H,11H2,1-3H3. The summed E-state index contributed by atoms with van der Waals surface area (Å²) in [6.45, 7) is 6.24. The molecule has 0 radical (unpaired) electrons. The van der Waals surface area contributed by atoms with Crippen LogP contribution in [0.3, 0.4) is 0 Å². The highest BCUT2D eigenvalue weighted by atomic mass is 19.4. The minimum atomic E-state index is -4.75. The Morgan fingerprint density at radius 1 is 1.14 bits per heavy atom. The van der Waals surface area contributed by atoms with E-state index in [1.165, 1.54) is 24.3 Å². The maximum atomic E-state index is 12.3. The number of hydrogen-bond acceptors (Lipinski definition) is 6. The number of benzene rings is 1. The lowest BCUT2D eigenvalue weighted by atomic mass is 10.2. The Morgan fingerprint density at radius 2 is 1.86 bits per heavy atom. The lowest BCUT2D eigenvalue weighted by molar-refractivity contribution is -0.274. The van der Waals surface area contributed by atoms with E-state index < -0.39 is 6.36 Å². The van der Waals surface area contributed by atoms with Gasteiger partial charge in [0, 0.05) is 5.56 Å².